The molecule has 0 saturated carbocycles. The summed E-state index contributed by atoms with van der Waals surface area (Å²) in [6.45, 7) is 8.19. The lowest BCUT2D eigenvalue weighted by atomic mass is 10.1. The van der Waals surface area contributed by atoms with Crippen molar-refractivity contribution in [2.24, 2.45) is 0 Å². The molecule has 0 aliphatic carbocycles. The van der Waals surface area contributed by atoms with Gasteiger partial charge < -0.3 is 14.6 Å². The number of rotatable bonds is 4. The summed E-state index contributed by atoms with van der Waals surface area (Å²) in [5.41, 5.74) is 3.64. The molecule has 1 aromatic heterocycles. The van der Waals surface area contributed by atoms with Crippen LogP contribution in [0.5, 0.6) is 5.75 Å². The highest BCUT2D eigenvalue weighted by Gasteiger charge is 2.18. The molecule has 112 valence electrons. The van der Waals surface area contributed by atoms with Gasteiger partial charge in [-0.2, -0.15) is 0 Å². The van der Waals surface area contributed by atoms with Crippen LogP contribution >= 0.6 is 0 Å². The summed E-state index contributed by atoms with van der Waals surface area (Å²) in [6, 6.07) is 8.32. The summed E-state index contributed by atoms with van der Waals surface area (Å²) < 4.78 is 8.20. The molecule has 1 aliphatic heterocycles. The molecule has 1 aromatic carbocycles. The Morgan fingerprint density at radius 1 is 1.43 bits per heavy atom. The number of aryl methyl sites for hydroxylation is 1. The van der Waals surface area contributed by atoms with Gasteiger partial charge in [0, 0.05) is 31.3 Å². The third kappa shape index (κ3) is 2.81. The molecule has 1 N–H and O–H groups in total. The number of benzene rings is 1. The van der Waals surface area contributed by atoms with Gasteiger partial charge in [0.1, 0.15) is 11.6 Å². The van der Waals surface area contributed by atoms with Crippen molar-refractivity contribution in [3.05, 3.63) is 41.5 Å². The van der Waals surface area contributed by atoms with Crippen LogP contribution in [-0.4, -0.2) is 22.2 Å². The molecule has 1 unspecified atom stereocenters. The second-order valence-corrected chi connectivity index (χ2v) is 5.65. The molecule has 0 bridgehead atoms. The lowest BCUT2D eigenvalue weighted by Crippen LogP contribution is -2.24. The SMILES string of the molecule is CCC(C)Oc1cccc(-n2c(C)nc3c2CCNC3)c1. The van der Waals surface area contributed by atoms with Crippen molar-refractivity contribution in [1.82, 2.24) is 14.9 Å². The fourth-order valence-electron chi connectivity index (χ4n) is 2.80. The molecule has 1 atom stereocenters. The Balaban J connectivity index is 1.97. The third-order valence-electron chi connectivity index (χ3n) is 4.04. The lowest BCUT2D eigenvalue weighted by Gasteiger charge is -2.17. The Morgan fingerprint density at radius 3 is 3.10 bits per heavy atom. The van der Waals surface area contributed by atoms with Gasteiger partial charge in [-0.25, -0.2) is 4.98 Å². The van der Waals surface area contributed by atoms with Crippen LogP contribution < -0.4 is 10.1 Å². The summed E-state index contributed by atoms with van der Waals surface area (Å²) in [4.78, 5) is 4.69. The van der Waals surface area contributed by atoms with E-state index in [4.69, 9.17) is 9.72 Å². The van der Waals surface area contributed by atoms with E-state index in [9.17, 15) is 0 Å². The van der Waals surface area contributed by atoms with E-state index < -0.39 is 0 Å². The fraction of sp³-hybridized carbons (Fsp3) is 0.471. The molecule has 0 amide bonds. The number of ether oxygens (including phenoxy) is 1. The number of nitrogens with zero attached hydrogens (tertiary/aromatic N) is 2. The number of nitrogens with one attached hydrogen (secondary N) is 1. The van der Waals surface area contributed by atoms with E-state index >= 15 is 0 Å². The number of hydrogen-bond donors (Lipinski definition) is 1. The molecule has 4 nitrogen and oxygen atoms in total. The van der Waals surface area contributed by atoms with E-state index in [2.05, 4.69) is 48.9 Å². The van der Waals surface area contributed by atoms with Crippen molar-refractivity contribution in [1.29, 1.82) is 0 Å². The van der Waals surface area contributed by atoms with Gasteiger partial charge in [-0.05, 0) is 32.4 Å². The Hall–Kier alpha value is -1.81. The number of fused-ring (bicyclic) bond motifs is 1. The van der Waals surface area contributed by atoms with Crippen LogP contribution in [0.1, 0.15) is 37.5 Å². The van der Waals surface area contributed by atoms with Crippen LogP contribution in [0.3, 0.4) is 0 Å². The standard InChI is InChI=1S/C17H23N3O/c1-4-12(2)21-15-7-5-6-14(10-15)20-13(3)19-16-11-18-9-8-17(16)20/h5-7,10,12,18H,4,8-9,11H2,1-3H3. The first-order chi connectivity index (χ1) is 10.2. The molecule has 0 spiro atoms. The molecule has 21 heavy (non-hydrogen) atoms. The average Bonchev–Trinajstić information content (AvgIpc) is 2.83. The van der Waals surface area contributed by atoms with E-state index in [1.165, 1.54) is 11.4 Å². The van der Waals surface area contributed by atoms with E-state index in [0.29, 0.717) is 0 Å². The van der Waals surface area contributed by atoms with Crippen LogP contribution in [0, 0.1) is 6.92 Å². The highest BCUT2D eigenvalue weighted by molar-refractivity contribution is 5.43. The van der Waals surface area contributed by atoms with E-state index in [1.54, 1.807) is 0 Å². The highest BCUT2D eigenvalue weighted by Crippen LogP contribution is 2.24. The van der Waals surface area contributed by atoms with E-state index in [-0.39, 0.29) is 6.10 Å². The van der Waals surface area contributed by atoms with Crippen LogP contribution in [0.4, 0.5) is 0 Å². The van der Waals surface area contributed by atoms with Crippen molar-refractivity contribution in [2.45, 2.75) is 46.3 Å². The van der Waals surface area contributed by atoms with E-state index in [1.807, 2.05) is 6.07 Å². The smallest absolute Gasteiger partial charge is 0.121 e. The van der Waals surface area contributed by atoms with Crippen molar-refractivity contribution >= 4 is 0 Å². The topological polar surface area (TPSA) is 39.1 Å². The maximum atomic E-state index is 5.94. The summed E-state index contributed by atoms with van der Waals surface area (Å²) in [5, 5.41) is 3.38. The van der Waals surface area contributed by atoms with Gasteiger partial charge >= 0.3 is 0 Å². The average molecular weight is 285 g/mol. The van der Waals surface area contributed by atoms with Gasteiger partial charge in [-0.15, -0.1) is 0 Å². The van der Waals surface area contributed by atoms with Crippen molar-refractivity contribution < 1.29 is 4.74 Å². The molecular formula is C17H23N3O. The molecular weight excluding hydrogens is 262 g/mol. The van der Waals surface area contributed by atoms with Crippen molar-refractivity contribution in [3.63, 3.8) is 0 Å². The fourth-order valence-corrected chi connectivity index (χ4v) is 2.80. The molecule has 0 radical (unpaired) electrons. The van der Waals surface area contributed by atoms with Crippen LogP contribution in [0.15, 0.2) is 24.3 Å². The first-order valence-electron chi connectivity index (χ1n) is 7.74. The molecule has 2 aromatic rings. The first-order valence-corrected chi connectivity index (χ1v) is 7.74. The Labute approximate surface area is 126 Å². The van der Waals surface area contributed by atoms with Gasteiger partial charge in [0.15, 0.2) is 0 Å². The van der Waals surface area contributed by atoms with Gasteiger partial charge in [-0.3, -0.25) is 0 Å². The zero-order chi connectivity index (χ0) is 14.8. The second kappa shape index (κ2) is 5.90. The third-order valence-corrected chi connectivity index (χ3v) is 4.04. The number of imidazole rings is 1. The largest absolute Gasteiger partial charge is 0.491 e. The normalized spacial score (nSPS) is 15.6. The summed E-state index contributed by atoms with van der Waals surface area (Å²) in [6.07, 6.45) is 2.27. The summed E-state index contributed by atoms with van der Waals surface area (Å²) in [7, 11) is 0. The minimum absolute atomic E-state index is 0.238. The maximum Gasteiger partial charge on any atom is 0.121 e. The second-order valence-electron chi connectivity index (χ2n) is 5.65. The molecule has 2 heterocycles. The minimum Gasteiger partial charge on any atom is -0.491 e. The zero-order valence-electron chi connectivity index (χ0n) is 13.0. The van der Waals surface area contributed by atoms with Crippen molar-refractivity contribution in [2.75, 3.05) is 6.54 Å². The first kappa shape index (κ1) is 14.1. The van der Waals surface area contributed by atoms with Gasteiger partial charge in [0.2, 0.25) is 0 Å². The van der Waals surface area contributed by atoms with Crippen LogP contribution in [0.2, 0.25) is 0 Å². The molecule has 3 rings (SSSR count). The number of aromatic nitrogens is 2. The lowest BCUT2D eigenvalue weighted by molar-refractivity contribution is 0.217. The quantitative estimate of drug-likeness (QED) is 0.938. The molecule has 0 saturated heterocycles. The maximum absolute atomic E-state index is 5.94. The van der Waals surface area contributed by atoms with Gasteiger partial charge in [0.25, 0.3) is 0 Å². The van der Waals surface area contributed by atoms with Crippen molar-refractivity contribution in [3.8, 4) is 11.4 Å². The highest BCUT2D eigenvalue weighted by atomic mass is 16.5. The Kier molecular flexibility index (Phi) is 3.97. The monoisotopic (exact) mass is 285 g/mol. The van der Waals surface area contributed by atoms with Gasteiger partial charge in [-0.1, -0.05) is 13.0 Å². The van der Waals surface area contributed by atoms with Crippen LogP contribution in [-0.2, 0) is 13.0 Å². The van der Waals surface area contributed by atoms with E-state index in [0.717, 1.165) is 43.2 Å². The minimum atomic E-state index is 0.238. The molecule has 4 heteroatoms. The van der Waals surface area contributed by atoms with Gasteiger partial charge in [0.05, 0.1) is 17.5 Å². The predicted molar refractivity (Wildman–Crippen MR) is 84.1 cm³/mol. The molecule has 1 aliphatic rings. The predicted octanol–water partition coefficient (Wildman–Crippen LogP) is 3.00. The Bertz CT molecular complexity index is 633. The van der Waals surface area contributed by atoms with Crippen LogP contribution in [0.25, 0.3) is 5.69 Å². The Morgan fingerprint density at radius 2 is 2.29 bits per heavy atom. The molecule has 0 fully saturated rings. The summed E-state index contributed by atoms with van der Waals surface area (Å²) in [5.74, 6) is 1.97. The summed E-state index contributed by atoms with van der Waals surface area (Å²) >= 11 is 0. The number of hydrogen-bond acceptors (Lipinski definition) is 3. The zero-order valence-corrected chi connectivity index (χ0v) is 13.0.